The van der Waals surface area contributed by atoms with Gasteiger partial charge in [-0.25, -0.2) is 0 Å². The van der Waals surface area contributed by atoms with Gasteiger partial charge in [0.1, 0.15) is 0 Å². The van der Waals surface area contributed by atoms with Gasteiger partial charge in [0.25, 0.3) is 0 Å². The van der Waals surface area contributed by atoms with Gasteiger partial charge >= 0.3 is 0 Å². The van der Waals surface area contributed by atoms with Crippen LogP contribution in [0.1, 0.15) is 45.4 Å². The zero-order valence-corrected chi connectivity index (χ0v) is 10.5. The van der Waals surface area contributed by atoms with Crippen LogP contribution < -0.4 is 5.32 Å². The summed E-state index contributed by atoms with van der Waals surface area (Å²) in [4.78, 5) is 0. The fourth-order valence-electron chi connectivity index (χ4n) is 2.79. The van der Waals surface area contributed by atoms with E-state index in [0.717, 1.165) is 26.3 Å². The average molecular weight is 227 g/mol. The van der Waals surface area contributed by atoms with E-state index in [2.05, 4.69) is 12.2 Å². The maximum Gasteiger partial charge on any atom is 0.0809 e. The van der Waals surface area contributed by atoms with Gasteiger partial charge in [0, 0.05) is 13.2 Å². The molecule has 1 aliphatic carbocycles. The number of hydrogen-bond acceptors (Lipinski definition) is 3. The van der Waals surface area contributed by atoms with Crippen LogP contribution in [0.3, 0.4) is 0 Å². The molecule has 1 N–H and O–H groups in total. The summed E-state index contributed by atoms with van der Waals surface area (Å²) in [5.41, 5.74) is 0.113. The molecule has 94 valence electrons. The number of likely N-dealkylation sites (N-methyl/N-ethyl adjacent to an activating group) is 1. The molecule has 2 rings (SSSR count). The second kappa shape index (κ2) is 5.99. The van der Waals surface area contributed by atoms with Gasteiger partial charge in [0.15, 0.2) is 0 Å². The molecule has 16 heavy (non-hydrogen) atoms. The van der Waals surface area contributed by atoms with E-state index in [0.29, 0.717) is 6.10 Å². The third-order valence-corrected chi connectivity index (χ3v) is 3.81. The molecule has 3 heteroatoms. The normalized spacial score (nSPS) is 28.7. The van der Waals surface area contributed by atoms with Gasteiger partial charge < -0.3 is 14.8 Å². The fraction of sp³-hybridized carbons (Fsp3) is 1.00. The summed E-state index contributed by atoms with van der Waals surface area (Å²) in [6, 6.07) is 0. The molecule has 1 saturated carbocycles. The van der Waals surface area contributed by atoms with Gasteiger partial charge in [0.2, 0.25) is 0 Å². The Morgan fingerprint density at radius 2 is 2.12 bits per heavy atom. The van der Waals surface area contributed by atoms with Crippen LogP contribution >= 0.6 is 0 Å². The molecule has 0 aromatic carbocycles. The first kappa shape index (κ1) is 12.3. The second-order valence-electron chi connectivity index (χ2n) is 5.12. The van der Waals surface area contributed by atoms with Crippen LogP contribution in [0, 0.1) is 0 Å². The first-order valence-electron chi connectivity index (χ1n) is 6.81. The Labute approximate surface area is 98.9 Å². The average Bonchev–Trinajstić information content (AvgIpc) is 2.96. The van der Waals surface area contributed by atoms with Crippen LogP contribution in [-0.4, -0.2) is 38.0 Å². The highest BCUT2D eigenvalue weighted by atomic mass is 16.5. The molecule has 0 aromatic heterocycles. The molecule has 0 bridgehead atoms. The third kappa shape index (κ3) is 3.19. The first-order chi connectivity index (χ1) is 7.85. The van der Waals surface area contributed by atoms with Crippen LogP contribution in [0.15, 0.2) is 0 Å². The molecular weight excluding hydrogens is 202 g/mol. The number of rotatable bonds is 6. The molecule has 0 aromatic rings. The predicted molar refractivity (Wildman–Crippen MR) is 64.7 cm³/mol. The summed E-state index contributed by atoms with van der Waals surface area (Å²) in [6.07, 6.45) is 7.80. The molecule has 2 fully saturated rings. The zero-order valence-electron chi connectivity index (χ0n) is 10.5. The first-order valence-corrected chi connectivity index (χ1v) is 6.81. The summed E-state index contributed by atoms with van der Waals surface area (Å²) in [7, 11) is 0. The number of ether oxygens (including phenoxy) is 2. The highest BCUT2D eigenvalue weighted by Gasteiger charge is 2.35. The van der Waals surface area contributed by atoms with E-state index in [1.165, 1.54) is 38.5 Å². The van der Waals surface area contributed by atoms with Crippen LogP contribution in [0.4, 0.5) is 0 Å². The van der Waals surface area contributed by atoms with Crippen molar-refractivity contribution in [3.8, 4) is 0 Å². The van der Waals surface area contributed by atoms with E-state index in [1.807, 2.05) is 0 Å². The largest absolute Gasteiger partial charge is 0.376 e. The lowest BCUT2D eigenvalue weighted by Crippen LogP contribution is -2.42. The minimum Gasteiger partial charge on any atom is -0.376 e. The van der Waals surface area contributed by atoms with Gasteiger partial charge in [-0.3, -0.25) is 0 Å². The maximum atomic E-state index is 6.19. The van der Waals surface area contributed by atoms with Crippen molar-refractivity contribution in [3.05, 3.63) is 0 Å². The van der Waals surface area contributed by atoms with Gasteiger partial charge in [0.05, 0.1) is 18.3 Å². The number of nitrogens with one attached hydrogen (secondary N) is 1. The van der Waals surface area contributed by atoms with Gasteiger partial charge in [-0.05, 0) is 32.2 Å². The Kier molecular flexibility index (Phi) is 4.62. The lowest BCUT2D eigenvalue weighted by molar-refractivity contribution is -0.0792. The summed E-state index contributed by atoms with van der Waals surface area (Å²) in [6.45, 7) is 5.92. The Balaban J connectivity index is 1.77. The SMILES string of the molecule is CCNCC1(OCC2CCCO2)CCCC1. The Morgan fingerprint density at radius 3 is 2.75 bits per heavy atom. The van der Waals surface area contributed by atoms with Crippen molar-refractivity contribution in [2.75, 3.05) is 26.3 Å². The van der Waals surface area contributed by atoms with E-state index >= 15 is 0 Å². The Bertz CT molecular complexity index is 196. The van der Waals surface area contributed by atoms with E-state index in [-0.39, 0.29) is 5.60 Å². The monoisotopic (exact) mass is 227 g/mol. The van der Waals surface area contributed by atoms with E-state index < -0.39 is 0 Å². The van der Waals surface area contributed by atoms with Crippen LogP contribution in [0.5, 0.6) is 0 Å². The van der Waals surface area contributed by atoms with Crippen molar-refractivity contribution < 1.29 is 9.47 Å². The number of hydrogen-bond donors (Lipinski definition) is 1. The lowest BCUT2D eigenvalue weighted by Gasteiger charge is -2.30. The molecule has 1 heterocycles. The fourth-order valence-corrected chi connectivity index (χ4v) is 2.79. The molecule has 0 radical (unpaired) electrons. The Hall–Kier alpha value is -0.120. The minimum absolute atomic E-state index is 0.113. The lowest BCUT2D eigenvalue weighted by atomic mass is 10.0. The topological polar surface area (TPSA) is 30.5 Å². The van der Waals surface area contributed by atoms with Gasteiger partial charge in [-0.1, -0.05) is 19.8 Å². The highest BCUT2D eigenvalue weighted by molar-refractivity contribution is 4.89. The molecular formula is C13H25NO2. The van der Waals surface area contributed by atoms with Crippen molar-refractivity contribution in [2.45, 2.75) is 57.2 Å². The molecule has 0 spiro atoms. The third-order valence-electron chi connectivity index (χ3n) is 3.81. The Morgan fingerprint density at radius 1 is 1.31 bits per heavy atom. The van der Waals surface area contributed by atoms with Crippen molar-refractivity contribution >= 4 is 0 Å². The van der Waals surface area contributed by atoms with Gasteiger partial charge in [-0.2, -0.15) is 0 Å². The van der Waals surface area contributed by atoms with E-state index in [4.69, 9.17) is 9.47 Å². The second-order valence-corrected chi connectivity index (χ2v) is 5.12. The van der Waals surface area contributed by atoms with Gasteiger partial charge in [-0.15, -0.1) is 0 Å². The van der Waals surface area contributed by atoms with Crippen LogP contribution in [-0.2, 0) is 9.47 Å². The van der Waals surface area contributed by atoms with Crippen molar-refractivity contribution in [2.24, 2.45) is 0 Å². The quantitative estimate of drug-likeness (QED) is 0.754. The predicted octanol–water partition coefficient (Wildman–Crippen LogP) is 2.10. The van der Waals surface area contributed by atoms with Crippen molar-refractivity contribution in [3.63, 3.8) is 0 Å². The smallest absolute Gasteiger partial charge is 0.0809 e. The highest BCUT2D eigenvalue weighted by Crippen LogP contribution is 2.33. The molecule has 1 saturated heterocycles. The summed E-state index contributed by atoms with van der Waals surface area (Å²) >= 11 is 0. The molecule has 1 aliphatic heterocycles. The summed E-state index contributed by atoms with van der Waals surface area (Å²) < 4.78 is 11.8. The molecule has 3 nitrogen and oxygen atoms in total. The standard InChI is InChI=1S/C13H25NO2/c1-2-14-11-13(7-3-4-8-13)16-10-12-6-5-9-15-12/h12,14H,2-11H2,1H3. The van der Waals surface area contributed by atoms with Crippen molar-refractivity contribution in [1.82, 2.24) is 5.32 Å². The van der Waals surface area contributed by atoms with Crippen LogP contribution in [0.2, 0.25) is 0 Å². The van der Waals surface area contributed by atoms with Crippen LogP contribution in [0.25, 0.3) is 0 Å². The van der Waals surface area contributed by atoms with E-state index in [9.17, 15) is 0 Å². The maximum absolute atomic E-state index is 6.19. The zero-order chi connectivity index (χ0) is 11.3. The summed E-state index contributed by atoms with van der Waals surface area (Å²) in [5.74, 6) is 0. The molecule has 2 aliphatic rings. The summed E-state index contributed by atoms with van der Waals surface area (Å²) in [5, 5.41) is 3.44. The molecule has 1 unspecified atom stereocenters. The van der Waals surface area contributed by atoms with E-state index in [1.54, 1.807) is 0 Å². The van der Waals surface area contributed by atoms with Crippen molar-refractivity contribution in [1.29, 1.82) is 0 Å². The molecule has 1 atom stereocenters. The minimum atomic E-state index is 0.113. The molecule has 0 amide bonds.